The maximum Gasteiger partial charge on any atom is 0.326 e. The van der Waals surface area contributed by atoms with Gasteiger partial charge >= 0.3 is 5.97 Å². The lowest BCUT2D eigenvalue weighted by molar-refractivity contribution is -0.143. The molecular weight excluding hydrogens is 506 g/mol. The summed E-state index contributed by atoms with van der Waals surface area (Å²) in [5.74, 6) is -0.991. The van der Waals surface area contributed by atoms with Crippen LogP contribution >= 0.6 is 11.3 Å². The lowest BCUT2D eigenvalue weighted by Crippen LogP contribution is -2.36. The predicted molar refractivity (Wildman–Crippen MR) is 135 cm³/mol. The fourth-order valence-corrected chi connectivity index (χ4v) is 5.84. The van der Waals surface area contributed by atoms with Gasteiger partial charge in [0.15, 0.2) is 4.80 Å². The Bertz CT molecular complexity index is 1350. The number of carbonyl (C=O) groups is 2. The highest BCUT2D eigenvalue weighted by Gasteiger charge is 2.24. The molecular formula is C24H29N3O7S2. The smallest absolute Gasteiger partial charge is 0.326 e. The largest absolute Gasteiger partial charge is 0.465 e. The number of thiazole rings is 1. The van der Waals surface area contributed by atoms with Gasteiger partial charge in [0.05, 0.1) is 34.9 Å². The number of carbonyl (C=O) groups excluding carboxylic acids is 2. The van der Waals surface area contributed by atoms with Gasteiger partial charge in [-0.15, -0.1) is 0 Å². The molecule has 1 aromatic heterocycles. The Hall–Kier alpha value is -2.90. The minimum absolute atomic E-state index is 0.0468. The Morgan fingerprint density at radius 3 is 2.25 bits per heavy atom. The number of sulfonamides is 1. The van der Waals surface area contributed by atoms with E-state index < -0.39 is 21.9 Å². The molecule has 0 N–H and O–H groups in total. The average molecular weight is 536 g/mol. The van der Waals surface area contributed by atoms with Gasteiger partial charge in [-0.05, 0) is 43.3 Å². The van der Waals surface area contributed by atoms with Gasteiger partial charge in [-0.1, -0.05) is 23.5 Å². The number of methoxy groups -OCH3 is 2. The number of rotatable bonds is 12. The summed E-state index contributed by atoms with van der Waals surface area (Å²) in [5.41, 5.74) is 0.977. The van der Waals surface area contributed by atoms with E-state index in [-0.39, 0.29) is 49.9 Å². The number of hydrogen-bond acceptors (Lipinski definition) is 8. The van der Waals surface area contributed by atoms with Crippen LogP contribution in [-0.4, -0.2) is 76.3 Å². The lowest BCUT2D eigenvalue weighted by atomic mass is 10.2. The maximum absolute atomic E-state index is 13.1. The molecule has 36 heavy (non-hydrogen) atoms. The molecule has 0 saturated carbocycles. The van der Waals surface area contributed by atoms with E-state index in [9.17, 15) is 18.0 Å². The van der Waals surface area contributed by atoms with Crippen LogP contribution in [0.1, 0.15) is 17.3 Å². The monoisotopic (exact) mass is 535 g/mol. The summed E-state index contributed by atoms with van der Waals surface area (Å²) in [6, 6.07) is 13.0. The predicted octanol–water partition coefficient (Wildman–Crippen LogP) is 2.29. The molecule has 0 saturated heterocycles. The second-order valence-electron chi connectivity index (χ2n) is 7.57. The average Bonchev–Trinajstić information content (AvgIpc) is 3.20. The van der Waals surface area contributed by atoms with Gasteiger partial charge in [-0.2, -0.15) is 9.30 Å². The molecule has 0 fully saturated rings. The Kier molecular flexibility index (Phi) is 9.90. The standard InChI is InChI=1S/C24H29N3O7S2/c1-4-34-22(28)17-27-20-7-5-6-8-21(20)35-24(27)25-23(29)18-9-11-19(12-10-18)36(30,31)26(13-15-32-2)14-16-33-3/h5-12H,4,13-17H2,1-3H3. The Morgan fingerprint density at radius 1 is 1.00 bits per heavy atom. The van der Waals surface area contributed by atoms with Crippen molar-refractivity contribution in [2.75, 3.05) is 47.1 Å². The van der Waals surface area contributed by atoms with Gasteiger partial charge in [0, 0.05) is 32.9 Å². The molecule has 1 amide bonds. The van der Waals surface area contributed by atoms with Crippen LogP contribution in [0.2, 0.25) is 0 Å². The highest BCUT2D eigenvalue weighted by atomic mass is 32.2. The van der Waals surface area contributed by atoms with Crippen molar-refractivity contribution in [2.45, 2.75) is 18.4 Å². The van der Waals surface area contributed by atoms with Crippen molar-refractivity contribution < 1.29 is 32.2 Å². The molecule has 0 spiro atoms. The first kappa shape index (κ1) is 27.7. The third kappa shape index (κ3) is 6.65. The SMILES string of the molecule is CCOC(=O)Cn1c(=NC(=O)c2ccc(S(=O)(=O)N(CCOC)CCOC)cc2)sc2ccccc21. The van der Waals surface area contributed by atoms with E-state index in [0.717, 1.165) is 10.2 Å². The molecule has 0 bridgehead atoms. The highest BCUT2D eigenvalue weighted by molar-refractivity contribution is 7.89. The van der Waals surface area contributed by atoms with Crippen molar-refractivity contribution in [2.24, 2.45) is 4.99 Å². The number of aromatic nitrogens is 1. The second kappa shape index (κ2) is 12.9. The molecule has 0 aliphatic carbocycles. The minimum atomic E-state index is -3.81. The van der Waals surface area contributed by atoms with Crippen LogP contribution in [0.4, 0.5) is 0 Å². The number of amides is 1. The zero-order valence-electron chi connectivity index (χ0n) is 20.4. The summed E-state index contributed by atoms with van der Waals surface area (Å²) in [7, 11) is -0.816. The fourth-order valence-electron chi connectivity index (χ4n) is 3.40. The number of ether oxygens (including phenoxy) is 3. The third-order valence-corrected chi connectivity index (χ3v) is 8.18. The number of esters is 1. The maximum atomic E-state index is 13.1. The van der Waals surface area contributed by atoms with E-state index in [2.05, 4.69) is 4.99 Å². The van der Waals surface area contributed by atoms with E-state index in [4.69, 9.17) is 14.2 Å². The zero-order chi connectivity index (χ0) is 26.1. The van der Waals surface area contributed by atoms with Crippen LogP contribution in [-0.2, 0) is 35.6 Å². The van der Waals surface area contributed by atoms with Gasteiger partial charge in [0.25, 0.3) is 5.91 Å². The van der Waals surface area contributed by atoms with Crippen LogP contribution in [0.15, 0.2) is 58.4 Å². The summed E-state index contributed by atoms with van der Waals surface area (Å²) in [6.07, 6.45) is 0. The van der Waals surface area contributed by atoms with Crippen LogP contribution in [0, 0.1) is 0 Å². The Balaban J connectivity index is 1.91. The van der Waals surface area contributed by atoms with Crippen molar-refractivity contribution in [3.8, 4) is 0 Å². The summed E-state index contributed by atoms with van der Waals surface area (Å²) in [5, 5.41) is 0. The van der Waals surface area contributed by atoms with E-state index in [1.54, 1.807) is 11.5 Å². The van der Waals surface area contributed by atoms with E-state index in [1.165, 1.54) is 54.1 Å². The number of para-hydroxylation sites is 1. The molecule has 3 rings (SSSR count). The van der Waals surface area contributed by atoms with Crippen molar-refractivity contribution in [1.82, 2.24) is 8.87 Å². The Morgan fingerprint density at radius 2 is 1.64 bits per heavy atom. The molecule has 10 nitrogen and oxygen atoms in total. The third-order valence-electron chi connectivity index (χ3n) is 5.21. The van der Waals surface area contributed by atoms with Gasteiger partial charge in [0.1, 0.15) is 6.54 Å². The molecule has 0 aliphatic rings. The summed E-state index contributed by atoms with van der Waals surface area (Å²) >= 11 is 1.27. The molecule has 2 aromatic carbocycles. The van der Waals surface area contributed by atoms with Crippen LogP contribution in [0.25, 0.3) is 10.2 Å². The topological polar surface area (TPSA) is 117 Å². The number of hydrogen-bond donors (Lipinski definition) is 0. The number of nitrogens with zero attached hydrogens (tertiary/aromatic N) is 3. The van der Waals surface area contributed by atoms with Crippen LogP contribution in [0.5, 0.6) is 0 Å². The Labute approximate surface area is 213 Å². The number of fused-ring (bicyclic) bond motifs is 1. The normalized spacial score (nSPS) is 12.4. The lowest BCUT2D eigenvalue weighted by Gasteiger charge is -2.21. The van der Waals surface area contributed by atoms with Crippen LogP contribution in [0.3, 0.4) is 0 Å². The van der Waals surface area contributed by atoms with Gasteiger partial charge in [-0.3, -0.25) is 9.59 Å². The molecule has 0 aliphatic heterocycles. The van der Waals surface area contributed by atoms with Gasteiger partial charge < -0.3 is 18.8 Å². The molecule has 3 aromatic rings. The zero-order valence-corrected chi connectivity index (χ0v) is 22.0. The quantitative estimate of drug-likeness (QED) is 0.327. The molecule has 0 unspecified atom stereocenters. The minimum Gasteiger partial charge on any atom is -0.465 e. The van der Waals surface area contributed by atoms with E-state index in [0.29, 0.717) is 4.80 Å². The van der Waals surface area contributed by atoms with Crippen LogP contribution < -0.4 is 4.80 Å². The van der Waals surface area contributed by atoms with Crippen molar-refractivity contribution in [1.29, 1.82) is 0 Å². The van der Waals surface area contributed by atoms with Crippen molar-refractivity contribution >= 4 is 43.5 Å². The van der Waals surface area contributed by atoms with E-state index >= 15 is 0 Å². The first-order valence-corrected chi connectivity index (χ1v) is 13.5. The molecule has 0 atom stereocenters. The summed E-state index contributed by atoms with van der Waals surface area (Å²) in [6.45, 7) is 2.70. The summed E-state index contributed by atoms with van der Waals surface area (Å²) < 4.78 is 45.0. The van der Waals surface area contributed by atoms with Gasteiger partial charge in [-0.25, -0.2) is 8.42 Å². The van der Waals surface area contributed by atoms with Gasteiger partial charge in [0.2, 0.25) is 10.0 Å². The summed E-state index contributed by atoms with van der Waals surface area (Å²) in [4.78, 5) is 29.7. The van der Waals surface area contributed by atoms with Crippen molar-refractivity contribution in [3.63, 3.8) is 0 Å². The highest BCUT2D eigenvalue weighted by Crippen LogP contribution is 2.19. The first-order valence-electron chi connectivity index (χ1n) is 11.2. The number of benzene rings is 2. The molecule has 0 radical (unpaired) electrons. The molecule has 194 valence electrons. The fraction of sp³-hybridized carbons (Fsp3) is 0.375. The molecule has 12 heteroatoms. The molecule has 1 heterocycles. The first-order chi connectivity index (χ1) is 17.3. The van der Waals surface area contributed by atoms with E-state index in [1.807, 2.05) is 24.3 Å². The van der Waals surface area contributed by atoms with Crippen molar-refractivity contribution in [3.05, 3.63) is 58.9 Å². The second-order valence-corrected chi connectivity index (χ2v) is 10.5.